The number of aryl methyl sites for hydroxylation is 1. The van der Waals surface area contributed by atoms with Gasteiger partial charge in [-0.3, -0.25) is 4.79 Å². The highest BCUT2D eigenvalue weighted by molar-refractivity contribution is 6.25. The lowest BCUT2D eigenvalue weighted by Gasteiger charge is -2.28. The van der Waals surface area contributed by atoms with E-state index < -0.39 is 0 Å². The molecular weight excluding hydrogens is 574 g/mol. The largest absolute Gasteiger partial charge is 0.456 e. The Balaban J connectivity index is 1.24. The molecule has 0 bridgehead atoms. The lowest BCUT2D eigenvalue weighted by Crippen LogP contribution is -2.13. The summed E-state index contributed by atoms with van der Waals surface area (Å²) in [6.45, 7) is 2.07. The number of nitrogens with zero attached hydrogens (tertiary/aromatic N) is 1. The van der Waals surface area contributed by atoms with Gasteiger partial charge in [0.05, 0.1) is 11.3 Å². The summed E-state index contributed by atoms with van der Waals surface area (Å²) >= 11 is 0. The van der Waals surface area contributed by atoms with Gasteiger partial charge >= 0.3 is 0 Å². The van der Waals surface area contributed by atoms with E-state index in [1.807, 2.05) is 78.9 Å². The van der Waals surface area contributed by atoms with Crippen molar-refractivity contribution in [1.29, 1.82) is 0 Å². The van der Waals surface area contributed by atoms with Crippen LogP contribution in [0.5, 0.6) is 11.5 Å². The summed E-state index contributed by atoms with van der Waals surface area (Å²) in [6.07, 6.45) is 0. The molecule has 0 atom stereocenters. The number of hydrogen-bond donors (Lipinski definition) is 0. The number of benzene rings is 7. The molecule has 0 radical (unpaired) electrons. The van der Waals surface area contributed by atoms with Crippen LogP contribution in [-0.2, 0) is 0 Å². The van der Waals surface area contributed by atoms with Crippen molar-refractivity contribution in [2.75, 3.05) is 4.90 Å². The number of anilines is 3. The van der Waals surface area contributed by atoms with E-state index in [0.717, 1.165) is 78.6 Å². The Morgan fingerprint density at radius 2 is 0.979 bits per heavy atom. The van der Waals surface area contributed by atoms with Gasteiger partial charge < -0.3 is 9.64 Å². The highest BCUT2D eigenvalue weighted by atomic mass is 16.5. The number of ketones is 1. The lowest BCUT2D eigenvalue weighted by atomic mass is 9.99. The van der Waals surface area contributed by atoms with E-state index >= 15 is 0 Å². The predicted molar refractivity (Wildman–Crippen MR) is 192 cm³/mol. The van der Waals surface area contributed by atoms with Crippen molar-refractivity contribution in [1.82, 2.24) is 0 Å². The monoisotopic (exact) mass is 605 g/mol. The highest BCUT2D eigenvalue weighted by Crippen LogP contribution is 2.46. The van der Waals surface area contributed by atoms with Crippen LogP contribution in [0.3, 0.4) is 0 Å². The molecule has 0 aliphatic heterocycles. The molecule has 47 heavy (non-hydrogen) atoms. The van der Waals surface area contributed by atoms with Crippen molar-refractivity contribution in [3.05, 3.63) is 187 Å². The molecule has 8 rings (SSSR count). The molecule has 7 aromatic rings. The van der Waals surface area contributed by atoms with E-state index in [1.165, 1.54) is 0 Å². The van der Waals surface area contributed by atoms with Crippen LogP contribution in [0.2, 0.25) is 0 Å². The third-order valence-corrected chi connectivity index (χ3v) is 8.82. The molecule has 0 aromatic heterocycles. The van der Waals surface area contributed by atoms with Crippen molar-refractivity contribution < 1.29 is 9.53 Å². The minimum Gasteiger partial charge on any atom is -0.456 e. The summed E-state index contributed by atoms with van der Waals surface area (Å²) in [5.41, 5.74) is 11.6. The van der Waals surface area contributed by atoms with Crippen LogP contribution in [0.25, 0.3) is 33.4 Å². The fourth-order valence-corrected chi connectivity index (χ4v) is 6.51. The second kappa shape index (κ2) is 12.0. The first-order valence-corrected chi connectivity index (χ1v) is 15.8. The van der Waals surface area contributed by atoms with Gasteiger partial charge in [-0.2, -0.15) is 0 Å². The summed E-state index contributed by atoms with van der Waals surface area (Å²) in [4.78, 5) is 16.1. The van der Waals surface area contributed by atoms with Gasteiger partial charge in [-0.05, 0) is 82.8 Å². The quantitative estimate of drug-likeness (QED) is 0.181. The second-order valence-corrected chi connectivity index (χ2v) is 11.7. The van der Waals surface area contributed by atoms with Crippen LogP contribution >= 0.6 is 0 Å². The number of para-hydroxylation sites is 2. The Morgan fingerprint density at radius 3 is 1.68 bits per heavy atom. The minimum atomic E-state index is 0.0520. The molecule has 0 saturated carbocycles. The molecule has 3 heteroatoms. The zero-order valence-corrected chi connectivity index (χ0v) is 25.9. The van der Waals surface area contributed by atoms with E-state index in [1.54, 1.807) is 0 Å². The SMILES string of the molecule is Cc1cccc(-c2ccc(N(c3ccc(-c4ccccc4)cc3)c3cccc4c3C(=O)c3ccccc3-4)cc2)c1Oc1ccccc1. The van der Waals surface area contributed by atoms with Gasteiger partial charge in [0.25, 0.3) is 0 Å². The lowest BCUT2D eigenvalue weighted by molar-refractivity contribution is 0.104. The highest BCUT2D eigenvalue weighted by Gasteiger charge is 2.31. The van der Waals surface area contributed by atoms with E-state index in [4.69, 9.17) is 4.74 Å². The first-order chi connectivity index (χ1) is 23.2. The Labute approximate surface area is 275 Å². The molecule has 7 aromatic carbocycles. The summed E-state index contributed by atoms with van der Waals surface area (Å²) in [7, 11) is 0. The Kier molecular flexibility index (Phi) is 7.20. The topological polar surface area (TPSA) is 29.5 Å². The second-order valence-electron chi connectivity index (χ2n) is 11.7. The predicted octanol–water partition coefficient (Wildman–Crippen LogP) is 11.8. The van der Waals surface area contributed by atoms with Crippen LogP contribution in [0.4, 0.5) is 17.1 Å². The maximum atomic E-state index is 13.9. The zero-order chi connectivity index (χ0) is 31.7. The first kappa shape index (κ1) is 28.3. The fraction of sp³-hybridized carbons (Fsp3) is 0.0227. The van der Waals surface area contributed by atoms with Crippen molar-refractivity contribution >= 4 is 22.8 Å². The summed E-state index contributed by atoms with van der Waals surface area (Å²) in [6, 6.07) is 57.6. The third-order valence-electron chi connectivity index (χ3n) is 8.82. The normalized spacial score (nSPS) is 11.6. The number of ether oxygens (including phenoxy) is 1. The van der Waals surface area contributed by atoms with E-state index in [0.29, 0.717) is 0 Å². The van der Waals surface area contributed by atoms with Crippen molar-refractivity contribution in [2.45, 2.75) is 6.92 Å². The molecule has 1 aliphatic rings. The third kappa shape index (κ3) is 5.18. The van der Waals surface area contributed by atoms with Crippen LogP contribution in [-0.4, -0.2) is 5.78 Å². The molecule has 0 saturated heterocycles. The molecular formula is C44H31NO2. The van der Waals surface area contributed by atoms with Gasteiger partial charge in [0, 0.05) is 22.5 Å². The average molecular weight is 606 g/mol. The maximum absolute atomic E-state index is 13.9. The van der Waals surface area contributed by atoms with E-state index in [-0.39, 0.29) is 5.78 Å². The zero-order valence-electron chi connectivity index (χ0n) is 25.9. The van der Waals surface area contributed by atoms with Gasteiger partial charge in [0.15, 0.2) is 5.78 Å². The van der Waals surface area contributed by atoms with Gasteiger partial charge in [0.1, 0.15) is 11.5 Å². The van der Waals surface area contributed by atoms with Gasteiger partial charge in [-0.15, -0.1) is 0 Å². The average Bonchev–Trinajstić information content (AvgIpc) is 3.43. The fourth-order valence-electron chi connectivity index (χ4n) is 6.51. The van der Waals surface area contributed by atoms with Gasteiger partial charge in [-0.25, -0.2) is 0 Å². The summed E-state index contributed by atoms with van der Waals surface area (Å²) in [5, 5.41) is 0. The molecule has 0 amide bonds. The molecule has 0 fully saturated rings. The number of carbonyl (C=O) groups excluding carboxylic acids is 1. The molecule has 1 aliphatic carbocycles. The molecule has 0 heterocycles. The van der Waals surface area contributed by atoms with Crippen molar-refractivity contribution in [3.8, 4) is 44.9 Å². The first-order valence-electron chi connectivity index (χ1n) is 15.8. The molecule has 0 unspecified atom stereocenters. The summed E-state index contributed by atoms with van der Waals surface area (Å²) < 4.78 is 6.40. The number of hydrogen-bond acceptors (Lipinski definition) is 3. The molecule has 224 valence electrons. The number of fused-ring (bicyclic) bond motifs is 3. The van der Waals surface area contributed by atoms with Crippen LogP contribution in [0.15, 0.2) is 170 Å². The number of carbonyl (C=O) groups is 1. The van der Waals surface area contributed by atoms with Crippen LogP contribution < -0.4 is 9.64 Å². The molecule has 0 spiro atoms. The van der Waals surface area contributed by atoms with E-state index in [9.17, 15) is 4.79 Å². The van der Waals surface area contributed by atoms with Gasteiger partial charge in [0.2, 0.25) is 0 Å². The van der Waals surface area contributed by atoms with Crippen molar-refractivity contribution in [3.63, 3.8) is 0 Å². The standard InChI is InChI=1S/C44H31NO2/c1-30-12-10-19-37(44(30)47-36-15-6-3-7-16-36)33-24-28-35(29-25-33)45(34-26-22-32(23-27-34)31-13-4-2-5-14-31)41-21-11-20-39-38-17-8-9-18-40(38)43(46)42(39)41/h2-29H,1H3. The summed E-state index contributed by atoms with van der Waals surface area (Å²) in [5.74, 6) is 1.69. The van der Waals surface area contributed by atoms with Crippen LogP contribution in [0, 0.1) is 6.92 Å². The van der Waals surface area contributed by atoms with Crippen LogP contribution in [0.1, 0.15) is 21.5 Å². The van der Waals surface area contributed by atoms with E-state index in [2.05, 4.69) is 103 Å². The number of rotatable bonds is 7. The minimum absolute atomic E-state index is 0.0520. The molecule has 0 N–H and O–H groups in total. The molecule has 3 nitrogen and oxygen atoms in total. The Morgan fingerprint density at radius 1 is 0.447 bits per heavy atom. The van der Waals surface area contributed by atoms with Crippen molar-refractivity contribution in [2.24, 2.45) is 0 Å². The Hall–Kier alpha value is -6.19. The Bertz CT molecular complexity index is 2220. The maximum Gasteiger partial charge on any atom is 0.196 e. The van der Waals surface area contributed by atoms with Gasteiger partial charge in [-0.1, -0.05) is 127 Å². The smallest absolute Gasteiger partial charge is 0.196 e.